The van der Waals surface area contributed by atoms with Crippen LogP contribution in [0.15, 0.2) is 69.1 Å². The summed E-state index contributed by atoms with van der Waals surface area (Å²) in [4.78, 5) is 31.7. The monoisotopic (exact) mass is 568 g/mol. The Bertz CT molecular complexity index is 1630. The van der Waals surface area contributed by atoms with Gasteiger partial charge in [-0.3, -0.25) is 4.79 Å². The van der Waals surface area contributed by atoms with Gasteiger partial charge < -0.3 is 20.6 Å². The number of urea groups is 1. The summed E-state index contributed by atoms with van der Waals surface area (Å²) in [6, 6.07) is 11.8. The molecular weight excluding hydrogens is 540 g/mol. The van der Waals surface area contributed by atoms with Crippen molar-refractivity contribution in [2.45, 2.75) is 23.5 Å². The molecule has 4 aromatic rings. The van der Waals surface area contributed by atoms with E-state index in [1.165, 1.54) is 49.7 Å². The zero-order valence-corrected chi connectivity index (χ0v) is 22.6. The fourth-order valence-electron chi connectivity index (χ4n) is 4.52. The summed E-state index contributed by atoms with van der Waals surface area (Å²) in [5.74, 6) is -0.120. The number of amides is 2. The minimum Gasteiger partial charge on any atom is -0.494 e. The lowest BCUT2D eigenvalue weighted by Gasteiger charge is -2.26. The van der Waals surface area contributed by atoms with Crippen LogP contribution in [0.1, 0.15) is 19.3 Å². The third-order valence-corrected chi connectivity index (χ3v) is 9.16. The van der Waals surface area contributed by atoms with Gasteiger partial charge in [-0.1, -0.05) is 12.5 Å². The van der Waals surface area contributed by atoms with Crippen LogP contribution in [-0.2, 0) is 10.0 Å². The second kappa shape index (κ2) is 11.4. The van der Waals surface area contributed by atoms with Crippen molar-refractivity contribution in [1.82, 2.24) is 19.2 Å². The molecule has 1 saturated heterocycles. The first kappa shape index (κ1) is 26.7. The van der Waals surface area contributed by atoms with E-state index in [4.69, 9.17) is 0 Å². The quantitative estimate of drug-likeness (QED) is 0.252. The summed E-state index contributed by atoms with van der Waals surface area (Å²) in [5, 5.41) is 19.4. The van der Waals surface area contributed by atoms with Crippen LogP contribution in [0.5, 0.6) is 5.88 Å². The van der Waals surface area contributed by atoms with Gasteiger partial charge in [-0.05, 0) is 73.1 Å². The van der Waals surface area contributed by atoms with Gasteiger partial charge in [-0.2, -0.15) is 0 Å². The summed E-state index contributed by atoms with van der Waals surface area (Å²) in [5.41, 5.74) is 0.591. The maximum absolute atomic E-state index is 12.9. The van der Waals surface area contributed by atoms with Gasteiger partial charge in [0.05, 0.1) is 11.9 Å². The highest BCUT2D eigenvalue weighted by atomic mass is 32.2. The van der Waals surface area contributed by atoms with Gasteiger partial charge in [-0.15, -0.1) is 11.3 Å². The summed E-state index contributed by atoms with van der Waals surface area (Å²) in [7, 11) is -3.98. The van der Waals surface area contributed by atoms with Gasteiger partial charge in [0.1, 0.15) is 10.0 Å². The van der Waals surface area contributed by atoms with Crippen molar-refractivity contribution in [3.8, 4) is 11.7 Å². The number of pyridine rings is 2. The molecule has 5 rings (SSSR count). The number of likely N-dealkylation sites (tertiary alicyclic amines) is 1. The minimum absolute atomic E-state index is 0.0117. The molecule has 0 unspecified atom stereocenters. The molecule has 4 heterocycles. The maximum atomic E-state index is 12.9. The number of benzene rings is 1. The zero-order chi connectivity index (χ0) is 27.4. The molecule has 1 aromatic carbocycles. The Morgan fingerprint density at radius 3 is 2.56 bits per heavy atom. The number of aromatic nitrogens is 2. The minimum atomic E-state index is -3.98. The predicted octanol–water partition coefficient (Wildman–Crippen LogP) is 3.56. The van der Waals surface area contributed by atoms with Gasteiger partial charge >= 0.3 is 6.03 Å². The number of hydrogen-bond donors (Lipinski definition) is 4. The highest BCUT2D eigenvalue weighted by molar-refractivity contribution is 7.92. The number of carbonyl (C=O) groups is 1. The molecule has 1 aliphatic rings. The van der Waals surface area contributed by atoms with Crippen molar-refractivity contribution >= 4 is 49.5 Å². The molecule has 0 saturated carbocycles. The van der Waals surface area contributed by atoms with E-state index in [1.807, 2.05) is 16.9 Å². The molecule has 13 heteroatoms. The second-order valence-corrected chi connectivity index (χ2v) is 12.0. The molecule has 11 nitrogen and oxygen atoms in total. The molecule has 3 aromatic heterocycles. The third kappa shape index (κ3) is 6.21. The van der Waals surface area contributed by atoms with Crippen LogP contribution < -0.4 is 20.9 Å². The van der Waals surface area contributed by atoms with Crippen molar-refractivity contribution in [3.05, 3.63) is 70.5 Å². The van der Waals surface area contributed by atoms with Gasteiger partial charge in [0, 0.05) is 30.2 Å². The van der Waals surface area contributed by atoms with Gasteiger partial charge in [-0.25, -0.2) is 27.5 Å². The van der Waals surface area contributed by atoms with Crippen LogP contribution in [0.3, 0.4) is 0 Å². The predicted molar refractivity (Wildman–Crippen MR) is 151 cm³/mol. The Hall–Kier alpha value is -3.94. The second-order valence-electron chi connectivity index (χ2n) is 9.17. The summed E-state index contributed by atoms with van der Waals surface area (Å²) in [6.07, 6.45) is 5.04. The SMILES string of the molecule is O=C(Nc1ccc(-n2c(O)c3ccc(NCCN4CCCCC4)cc3cc2=O)nc1)NS(=O)(=O)c1cccs1. The number of nitrogens with one attached hydrogen (secondary N) is 3. The Labute approximate surface area is 229 Å². The summed E-state index contributed by atoms with van der Waals surface area (Å²) < 4.78 is 27.4. The molecule has 0 bridgehead atoms. The Balaban J connectivity index is 1.27. The van der Waals surface area contributed by atoms with Crippen LogP contribution in [-0.4, -0.2) is 60.2 Å². The Kier molecular flexibility index (Phi) is 7.82. The number of piperidine rings is 1. The van der Waals surface area contributed by atoms with E-state index >= 15 is 0 Å². The highest BCUT2D eigenvalue weighted by Gasteiger charge is 2.19. The number of thiophene rings is 1. The number of rotatable bonds is 8. The summed E-state index contributed by atoms with van der Waals surface area (Å²) in [6.45, 7) is 4.00. The maximum Gasteiger partial charge on any atom is 0.333 e. The van der Waals surface area contributed by atoms with Gasteiger partial charge in [0.15, 0.2) is 0 Å². The van der Waals surface area contributed by atoms with E-state index in [1.54, 1.807) is 17.5 Å². The van der Waals surface area contributed by atoms with Crippen molar-refractivity contribution in [2.24, 2.45) is 0 Å². The summed E-state index contributed by atoms with van der Waals surface area (Å²) >= 11 is 0.986. The first-order chi connectivity index (χ1) is 18.8. The van der Waals surface area contributed by atoms with Crippen LogP contribution >= 0.6 is 11.3 Å². The highest BCUT2D eigenvalue weighted by Crippen LogP contribution is 2.27. The lowest BCUT2D eigenvalue weighted by molar-refractivity contribution is 0.237. The topological polar surface area (TPSA) is 146 Å². The van der Waals surface area contributed by atoms with E-state index in [0.717, 1.165) is 47.8 Å². The Morgan fingerprint density at radius 1 is 1.05 bits per heavy atom. The van der Waals surface area contributed by atoms with Crippen molar-refractivity contribution in [3.63, 3.8) is 0 Å². The van der Waals surface area contributed by atoms with Crippen LogP contribution in [0.2, 0.25) is 0 Å². The lowest BCUT2D eigenvalue weighted by atomic mass is 10.1. The molecule has 204 valence electrons. The number of aromatic hydroxyl groups is 1. The number of carbonyl (C=O) groups excluding carboxylic acids is 1. The standard InChI is InChI=1S/C26H28N6O5S2/c33-23-16-18-15-19(27-10-13-31-11-2-1-3-12-31)6-8-21(18)25(34)32(23)22-9-7-20(17-28-22)29-26(35)30-39(36,37)24-5-4-14-38-24/h4-9,14-17,27,34H,1-3,10-13H2,(H2,29,30,35). The zero-order valence-electron chi connectivity index (χ0n) is 21.0. The average Bonchev–Trinajstić information content (AvgIpc) is 3.46. The molecule has 0 spiro atoms. The van der Waals surface area contributed by atoms with Crippen molar-refractivity contribution in [2.75, 3.05) is 36.8 Å². The number of nitrogens with zero attached hydrogens (tertiary/aromatic N) is 3. The fourth-order valence-corrected chi connectivity index (χ4v) is 6.42. The molecule has 1 fully saturated rings. The average molecular weight is 569 g/mol. The van der Waals surface area contributed by atoms with Crippen LogP contribution in [0.25, 0.3) is 16.6 Å². The van der Waals surface area contributed by atoms with E-state index in [-0.39, 0.29) is 21.6 Å². The molecule has 0 radical (unpaired) electrons. The Morgan fingerprint density at radius 2 is 1.85 bits per heavy atom. The molecule has 0 atom stereocenters. The molecule has 39 heavy (non-hydrogen) atoms. The van der Waals surface area contributed by atoms with Crippen LogP contribution in [0, 0.1) is 0 Å². The molecule has 4 N–H and O–H groups in total. The number of sulfonamides is 1. The third-order valence-electron chi connectivity index (χ3n) is 6.43. The van der Waals surface area contributed by atoms with E-state index in [2.05, 4.69) is 20.5 Å². The molecular formula is C26H28N6O5S2. The normalized spacial score (nSPS) is 14.3. The van der Waals surface area contributed by atoms with Crippen molar-refractivity contribution in [1.29, 1.82) is 0 Å². The van der Waals surface area contributed by atoms with E-state index in [9.17, 15) is 23.1 Å². The lowest BCUT2D eigenvalue weighted by Crippen LogP contribution is -2.34. The fraction of sp³-hybridized carbons (Fsp3) is 0.269. The van der Waals surface area contributed by atoms with Crippen molar-refractivity contribution < 1.29 is 18.3 Å². The largest absolute Gasteiger partial charge is 0.494 e. The molecule has 2 amide bonds. The first-order valence-electron chi connectivity index (χ1n) is 12.5. The molecule has 0 aliphatic carbocycles. The van der Waals surface area contributed by atoms with Crippen LogP contribution in [0.4, 0.5) is 16.2 Å². The van der Waals surface area contributed by atoms with Gasteiger partial charge in [0.2, 0.25) is 5.88 Å². The van der Waals surface area contributed by atoms with Gasteiger partial charge in [0.25, 0.3) is 15.6 Å². The smallest absolute Gasteiger partial charge is 0.333 e. The number of fused-ring (bicyclic) bond motifs is 1. The number of hydrogen-bond acceptors (Lipinski definition) is 9. The van der Waals surface area contributed by atoms with E-state index in [0.29, 0.717) is 10.8 Å². The first-order valence-corrected chi connectivity index (χ1v) is 14.9. The van der Waals surface area contributed by atoms with E-state index < -0.39 is 21.6 Å². The number of anilines is 2. The molecule has 1 aliphatic heterocycles.